The number of para-hydroxylation sites is 1. The Balaban J connectivity index is 1.91. The Morgan fingerprint density at radius 3 is 2.66 bits per heavy atom. The average Bonchev–Trinajstić information content (AvgIpc) is 3.19. The number of Topliss-reactive ketones (excluding diaryl/α,β-unsaturated/α-hetero) is 1. The highest BCUT2D eigenvalue weighted by Gasteiger charge is 2.37. The highest BCUT2D eigenvalue weighted by atomic mass is 19.1. The van der Waals surface area contributed by atoms with Gasteiger partial charge in [0.1, 0.15) is 11.3 Å². The molecule has 1 aromatic carbocycles. The molecule has 1 aliphatic heterocycles. The molecule has 2 amide bonds. The second-order valence-electron chi connectivity index (χ2n) is 9.37. The molecule has 3 atom stereocenters. The van der Waals surface area contributed by atoms with Crippen LogP contribution in [0.2, 0.25) is 0 Å². The summed E-state index contributed by atoms with van der Waals surface area (Å²) in [7, 11) is 1.61. The summed E-state index contributed by atoms with van der Waals surface area (Å²) in [5.74, 6) is -2.04. The Morgan fingerprint density at radius 2 is 2.03 bits per heavy atom. The maximum absolute atomic E-state index is 14.8. The summed E-state index contributed by atoms with van der Waals surface area (Å²) in [6.45, 7) is 4.83. The second kappa shape index (κ2) is 11.6. The third kappa shape index (κ3) is 6.15. The number of primary amides is 1. The molecule has 2 heterocycles. The summed E-state index contributed by atoms with van der Waals surface area (Å²) in [6.07, 6.45) is 0.580. The smallest absolute Gasteiger partial charge is 0.407 e. The fourth-order valence-electron chi connectivity index (χ4n) is 4.61. The summed E-state index contributed by atoms with van der Waals surface area (Å²) in [5.41, 5.74) is 6.14. The Kier molecular flexibility index (Phi) is 8.79. The number of amides is 2. The number of carbonyl (C=O) groups is 3. The fourth-order valence-corrected chi connectivity index (χ4v) is 4.61. The van der Waals surface area contributed by atoms with Crippen LogP contribution in [0.3, 0.4) is 0 Å². The van der Waals surface area contributed by atoms with Crippen molar-refractivity contribution in [2.75, 3.05) is 26.8 Å². The highest BCUT2D eigenvalue weighted by molar-refractivity contribution is 6.00. The molecule has 1 aliphatic rings. The number of methoxy groups -OCH3 is 1. The zero-order valence-corrected chi connectivity index (χ0v) is 20.4. The quantitative estimate of drug-likeness (QED) is 0.323. The lowest BCUT2D eigenvalue weighted by Crippen LogP contribution is -2.57. The summed E-state index contributed by atoms with van der Waals surface area (Å²) in [5, 5.41) is 12.7. The second-order valence-corrected chi connectivity index (χ2v) is 9.37. The van der Waals surface area contributed by atoms with Crippen LogP contribution in [0.15, 0.2) is 18.2 Å². The number of hydrogen-bond donors (Lipinski definition) is 3. The maximum atomic E-state index is 14.8. The van der Waals surface area contributed by atoms with Crippen molar-refractivity contribution in [2.24, 2.45) is 17.6 Å². The number of aryl methyl sites for hydroxylation is 1. The molecule has 1 fully saturated rings. The molecule has 10 nitrogen and oxygen atoms in total. The minimum atomic E-state index is -1.15. The van der Waals surface area contributed by atoms with Gasteiger partial charge in [-0.3, -0.25) is 9.59 Å². The summed E-state index contributed by atoms with van der Waals surface area (Å²) in [4.78, 5) is 42.8. The molecule has 0 saturated carbocycles. The van der Waals surface area contributed by atoms with Crippen LogP contribution in [0.25, 0.3) is 11.0 Å². The number of fused-ring (bicyclic) bond motifs is 1. The molecule has 0 aliphatic carbocycles. The van der Waals surface area contributed by atoms with E-state index in [0.29, 0.717) is 31.5 Å². The van der Waals surface area contributed by atoms with Gasteiger partial charge in [0, 0.05) is 39.4 Å². The molecule has 1 saturated heterocycles. The van der Waals surface area contributed by atoms with Crippen molar-refractivity contribution < 1.29 is 28.6 Å². The molecule has 2 aromatic rings. The van der Waals surface area contributed by atoms with Gasteiger partial charge >= 0.3 is 6.09 Å². The van der Waals surface area contributed by atoms with Crippen LogP contribution >= 0.6 is 0 Å². The predicted molar refractivity (Wildman–Crippen MR) is 128 cm³/mol. The van der Waals surface area contributed by atoms with Crippen molar-refractivity contribution in [1.82, 2.24) is 19.8 Å². The van der Waals surface area contributed by atoms with Gasteiger partial charge in [0.2, 0.25) is 11.7 Å². The van der Waals surface area contributed by atoms with E-state index < -0.39 is 35.8 Å². The van der Waals surface area contributed by atoms with Gasteiger partial charge in [0.25, 0.3) is 0 Å². The van der Waals surface area contributed by atoms with E-state index >= 15 is 0 Å². The van der Waals surface area contributed by atoms with Crippen LogP contribution in [-0.4, -0.2) is 76.2 Å². The largest absolute Gasteiger partial charge is 0.465 e. The van der Waals surface area contributed by atoms with Crippen LogP contribution < -0.4 is 11.1 Å². The number of ketones is 1. The van der Waals surface area contributed by atoms with Crippen LogP contribution in [-0.2, 0) is 16.1 Å². The number of ether oxygens (including phenoxy) is 1. The third-order valence-electron chi connectivity index (χ3n) is 6.41. The molecule has 0 bridgehead atoms. The zero-order valence-electron chi connectivity index (χ0n) is 20.4. The number of hydrogen-bond acceptors (Lipinski definition) is 6. The number of benzene rings is 1. The van der Waals surface area contributed by atoms with E-state index in [-0.39, 0.29) is 36.1 Å². The zero-order chi connectivity index (χ0) is 25.7. The molecule has 0 spiro atoms. The van der Waals surface area contributed by atoms with Crippen molar-refractivity contribution in [1.29, 1.82) is 0 Å². The van der Waals surface area contributed by atoms with E-state index in [1.165, 1.54) is 6.07 Å². The number of nitrogens with zero attached hydrogens (tertiary/aromatic N) is 3. The topological polar surface area (TPSA) is 140 Å². The first-order valence-electron chi connectivity index (χ1n) is 11.8. The summed E-state index contributed by atoms with van der Waals surface area (Å²) >= 11 is 0. The number of nitrogens with one attached hydrogen (secondary N) is 1. The number of carbonyl (C=O) groups excluding carboxylic acids is 2. The predicted octanol–water partition coefficient (Wildman–Crippen LogP) is 2.25. The molecule has 1 unspecified atom stereocenters. The van der Waals surface area contributed by atoms with Crippen molar-refractivity contribution >= 4 is 28.8 Å². The van der Waals surface area contributed by atoms with E-state index in [1.807, 2.05) is 13.8 Å². The van der Waals surface area contributed by atoms with E-state index in [9.17, 15) is 23.9 Å². The van der Waals surface area contributed by atoms with Crippen molar-refractivity contribution in [3.8, 4) is 0 Å². The lowest BCUT2D eigenvalue weighted by molar-refractivity contribution is -0.123. The Bertz CT molecular complexity index is 1050. The van der Waals surface area contributed by atoms with Crippen LogP contribution in [0.1, 0.15) is 43.7 Å². The number of halogens is 1. The first kappa shape index (κ1) is 26.6. The van der Waals surface area contributed by atoms with E-state index in [0.717, 1.165) is 11.3 Å². The van der Waals surface area contributed by atoms with E-state index in [1.54, 1.807) is 23.8 Å². The van der Waals surface area contributed by atoms with Crippen LogP contribution in [0.4, 0.5) is 9.18 Å². The number of carboxylic acid groups (broad SMARTS) is 1. The molecule has 192 valence electrons. The molecule has 1 aromatic heterocycles. The van der Waals surface area contributed by atoms with Gasteiger partial charge < -0.3 is 30.4 Å². The number of imidazole rings is 1. The number of aromatic nitrogens is 2. The van der Waals surface area contributed by atoms with Crippen molar-refractivity contribution in [3.05, 3.63) is 29.8 Å². The third-order valence-corrected chi connectivity index (χ3v) is 6.41. The van der Waals surface area contributed by atoms with Gasteiger partial charge in [-0.2, -0.15) is 0 Å². The minimum Gasteiger partial charge on any atom is -0.465 e. The van der Waals surface area contributed by atoms with Crippen LogP contribution in [0, 0.1) is 17.7 Å². The van der Waals surface area contributed by atoms with Gasteiger partial charge in [-0.1, -0.05) is 19.9 Å². The molecule has 3 rings (SSSR count). The number of nitrogens with two attached hydrogens (primary N) is 1. The highest BCUT2D eigenvalue weighted by Crippen LogP contribution is 2.24. The monoisotopic (exact) mass is 491 g/mol. The van der Waals surface area contributed by atoms with Crippen molar-refractivity contribution in [3.63, 3.8) is 0 Å². The number of unbranched alkanes of at least 4 members (excludes halogenated alkanes) is 1. The Labute approximate surface area is 203 Å². The fraction of sp³-hybridized carbons (Fsp3) is 0.583. The molecule has 0 radical (unpaired) electrons. The normalized spacial score (nSPS) is 19.3. The Morgan fingerprint density at radius 1 is 1.29 bits per heavy atom. The lowest BCUT2D eigenvalue weighted by Gasteiger charge is -2.37. The first-order chi connectivity index (χ1) is 16.6. The van der Waals surface area contributed by atoms with Gasteiger partial charge in [-0.05, 0) is 37.3 Å². The SMILES string of the molecule is COCCCCn1c(C(=O)C(N[C@H]2C[C@@H](C(N)=O)CN(C(=O)O)C2)C(C)C)nc2cccc(F)c21. The molecule has 11 heteroatoms. The van der Waals surface area contributed by atoms with Gasteiger partial charge in [0.05, 0.1) is 17.5 Å². The maximum Gasteiger partial charge on any atom is 0.407 e. The first-order valence-corrected chi connectivity index (χ1v) is 11.8. The standard InChI is InChI=1S/C24H34FN5O5/c1-14(2)19(27-16-11-15(22(26)32)12-29(13-16)24(33)34)21(31)23-28-18-8-6-7-17(25)20(18)30(23)9-4-5-10-35-3/h6-8,14-16,19,27H,4-5,9-13H2,1-3H3,(H2,26,32)(H,33,34)/t15-,16+,19?/m1/s1. The minimum absolute atomic E-state index is 0.0275. The molecular formula is C24H34FN5O5. The van der Waals surface area contributed by atoms with E-state index in [4.69, 9.17) is 10.5 Å². The van der Waals surface area contributed by atoms with E-state index in [2.05, 4.69) is 10.3 Å². The number of rotatable bonds is 11. The molecule has 4 N–H and O–H groups in total. The average molecular weight is 492 g/mol. The van der Waals surface area contributed by atoms with Gasteiger partial charge in [0.15, 0.2) is 5.82 Å². The number of piperidine rings is 1. The Hall–Kier alpha value is -3.05. The van der Waals surface area contributed by atoms with Crippen molar-refractivity contribution in [2.45, 2.75) is 51.7 Å². The van der Waals surface area contributed by atoms with Gasteiger partial charge in [-0.15, -0.1) is 0 Å². The summed E-state index contributed by atoms with van der Waals surface area (Å²) in [6, 6.07) is 3.39. The summed E-state index contributed by atoms with van der Waals surface area (Å²) < 4.78 is 21.5. The number of likely N-dealkylation sites (tertiary alicyclic amines) is 1. The van der Waals surface area contributed by atoms with Crippen LogP contribution in [0.5, 0.6) is 0 Å². The lowest BCUT2D eigenvalue weighted by atomic mass is 9.91. The molecule has 35 heavy (non-hydrogen) atoms. The van der Waals surface area contributed by atoms with Gasteiger partial charge in [-0.25, -0.2) is 14.2 Å². The molecular weight excluding hydrogens is 457 g/mol.